The van der Waals surface area contributed by atoms with Gasteiger partial charge in [-0.25, -0.2) is 4.79 Å². The van der Waals surface area contributed by atoms with Crippen molar-refractivity contribution in [3.05, 3.63) is 35.4 Å². The number of hydroxylamine groups is 1. The molecule has 190 valence electrons. The molecule has 0 saturated heterocycles. The molecule has 0 unspecified atom stereocenters. The average Bonchev–Trinajstić information content (AvgIpc) is 2.87. The molecule has 11 heteroatoms. The van der Waals surface area contributed by atoms with Crippen molar-refractivity contribution >= 4 is 11.9 Å². The highest BCUT2D eigenvalue weighted by atomic mass is 16.7. The van der Waals surface area contributed by atoms with Crippen molar-refractivity contribution in [2.24, 2.45) is 0 Å². The van der Waals surface area contributed by atoms with Crippen molar-refractivity contribution in [2.45, 2.75) is 51.2 Å². The molecule has 1 N–H and O–H groups in total. The van der Waals surface area contributed by atoms with Crippen LogP contribution in [0.25, 0.3) is 0 Å². The Balaban J connectivity index is 1.82. The van der Waals surface area contributed by atoms with E-state index >= 15 is 0 Å². The second kappa shape index (κ2) is 12.2. The number of methoxy groups -OCH3 is 3. The molecular formula is C24H31N3O8. The molecule has 0 amide bonds. The Morgan fingerprint density at radius 3 is 2.49 bits per heavy atom. The van der Waals surface area contributed by atoms with Gasteiger partial charge in [-0.1, -0.05) is 6.07 Å². The molecule has 2 aromatic rings. The van der Waals surface area contributed by atoms with Gasteiger partial charge in [0.25, 0.3) is 0 Å². The van der Waals surface area contributed by atoms with Crippen LogP contribution in [0.2, 0.25) is 0 Å². The van der Waals surface area contributed by atoms with E-state index in [0.29, 0.717) is 37.4 Å². The molecular weight excluding hydrogens is 458 g/mol. The molecule has 1 aromatic heterocycles. The maximum Gasteiger partial charge on any atom is 0.362 e. The van der Waals surface area contributed by atoms with Gasteiger partial charge in [-0.15, -0.1) is 15.7 Å². The van der Waals surface area contributed by atoms with Gasteiger partial charge in [0, 0.05) is 18.9 Å². The number of aromatic nitrogens is 2. The van der Waals surface area contributed by atoms with E-state index in [0.717, 1.165) is 5.56 Å². The van der Waals surface area contributed by atoms with Crippen LogP contribution < -0.4 is 24.4 Å². The fraction of sp³-hybridized carbons (Fsp3) is 0.500. The van der Waals surface area contributed by atoms with Crippen molar-refractivity contribution in [2.75, 3.05) is 27.9 Å². The number of nitrogens with one attached hydrogen (secondary N) is 1. The summed E-state index contributed by atoms with van der Waals surface area (Å²) < 4.78 is 26.8. The zero-order chi connectivity index (χ0) is 25.4. The molecule has 1 saturated carbocycles. The van der Waals surface area contributed by atoms with Gasteiger partial charge in [-0.05, 0) is 43.9 Å². The Hall–Kier alpha value is -3.60. The van der Waals surface area contributed by atoms with Crippen molar-refractivity contribution in [3.63, 3.8) is 0 Å². The number of benzene rings is 1. The van der Waals surface area contributed by atoms with Crippen LogP contribution in [0.1, 0.15) is 54.9 Å². The average molecular weight is 490 g/mol. The monoisotopic (exact) mass is 489 g/mol. The lowest BCUT2D eigenvalue weighted by molar-refractivity contribution is -0.148. The maximum absolute atomic E-state index is 12.8. The normalized spacial score (nSPS) is 19.4. The molecule has 1 aliphatic carbocycles. The molecule has 1 aliphatic rings. The fourth-order valence-corrected chi connectivity index (χ4v) is 4.12. The van der Waals surface area contributed by atoms with Crippen molar-refractivity contribution in [1.29, 1.82) is 0 Å². The van der Waals surface area contributed by atoms with E-state index in [1.165, 1.54) is 27.2 Å². The summed E-state index contributed by atoms with van der Waals surface area (Å²) in [5, 5.41) is 7.62. The first-order valence-corrected chi connectivity index (χ1v) is 11.3. The van der Waals surface area contributed by atoms with Gasteiger partial charge in [0.15, 0.2) is 11.5 Å². The number of hydrogen-bond donors (Lipinski definition) is 1. The second-order valence-electron chi connectivity index (χ2n) is 7.92. The van der Waals surface area contributed by atoms with Gasteiger partial charge in [0.2, 0.25) is 11.8 Å². The highest BCUT2D eigenvalue weighted by Gasteiger charge is 2.35. The molecule has 3 rings (SSSR count). The van der Waals surface area contributed by atoms with Crippen molar-refractivity contribution in [1.82, 2.24) is 15.7 Å². The number of ether oxygens (including phenoxy) is 5. The zero-order valence-corrected chi connectivity index (χ0v) is 20.5. The third kappa shape index (κ3) is 6.50. The molecule has 1 fully saturated rings. The number of hydrogen-bond acceptors (Lipinski definition) is 11. The van der Waals surface area contributed by atoms with E-state index in [-0.39, 0.29) is 41.4 Å². The van der Waals surface area contributed by atoms with Gasteiger partial charge in [0.05, 0.1) is 34.0 Å². The predicted molar refractivity (Wildman–Crippen MR) is 124 cm³/mol. The molecule has 0 radical (unpaired) electrons. The highest BCUT2D eigenvalue weighted by molar-refractivity contribution is 5.91. The molecule has 0 spiro atoms. The minimum Gasteiger partial charge on any atom is -0.493 e. The fourth-order valence-electron chi connectivity index (χ4n) is 4.12. The summed E-state index contributed by atoms with van der Waals surface area (Å²) in [6, 6.07) is 6.80. The summed E-state index contributed by atoms with van der Waals surface area (Å²) in [4.78, 5) is 29.8. The minimum atomic E-state index is -0.694. The highest BCUT2D eigenvalue weighted by Crippen LogP contribution is 2.39. The van der Waals surface area contributed by atoms with E-state index in [2.05, 4.69) is 15.7 Å². The Labute approximate surface area is 204 Å². The number of carbonyl (C=O) groups excluding carboxylic acids is 2. The van der Waals surface area contributed by atoms with Crippen LogP contribution >= 0.6 is 0 Å². The third-order valence-electron chi connectivity index (χ3n) is 5.71. The second-order valence-corrected chi connectivity index (χ2v) is 7.92. The Kier molecular flexibility index (Phi) is 9.07. The van der Waals surface area contributed by atoms with Crippen LogP contribution in [-0.4, -0.2) is 62.2 Å². The number of esters is 1. The molecule has 1 heterocycles. The molecule has 1 aromatic carbocycles. The smallest absolute Gasteiger partial charge is 0.362 e. The number of carbonyl (C=O) groups is 2. The summed E-state index contributed by atoms with van der Waals surface area (Å²) in [6.07, 6.45) is 1.51. The van der Waals surface area contributed by atoms with Gasteiger partial charge in [-0.3, -0.25) is 4.79 Å². The first kappa shape index (κ1) is 26.0. The van der Waals surface area contributed by atoms with Crippen molar-refractivity contribution in [3.8, 4) is 23.3 Å². The van der Waals surface area contributed by atoms with Crippen LogP contribution in [0.3, 0.4) is 0 Å². The summed E-state index contributed by atoms with van der Waals surface area (Å²) in [7, 11) is 4.38. The summed E-state index contributed by atoms with van der Waals surface area (Å²) >= 11 is 0. The first-order valence-electron chi connectivity index (χ1n) is 11.3. The number of rotatable bonds is 10. The SMILES string of the molecule is CCOc1cc([C@H]2C[C@H](OC(C)=O)CC[C@H]2NOC(=O)c2cc(OC)nnc2OC)ccc1OC. The van der Waals surface area contributed by atoms with Crippen LogP contribution in [0.15, 0.2) is 24.3 Å². The third-order valence-corrected chi connectivity index (χ3v) is 5.71. The summed E-state index contributed by atoms with van der Waals surface area (Å²) in [5.41, 5.74) is 3.91. The Morgan fingerprint density at radius 1 is 1.03 bits per heavy atom. The van der Waals surface area contributed by atoms with Gasteiger partial charge < -0.3 is 28.5 Å². The Morgan fingerprint density at radius 2 is 1.83 bits per heavy atom. The van der Waals surface area contributed by atoms with Gasteiger partial charge in [-0.2, -0.15) is 0 Å². The van der Waals surface area contributed by atoms with E-state index in [9.17, 15) is 9.59 Å². The quantitative estimate of drug-likeness (QED) is 0.391. The van der Waals surface area contributed by atoms with E-state index in [1.54, 1.807) is 7.11 Å². The lowest BCUT2D eigenvalue weighted by Gasteiger charge is -2.36. The maximum atomic E-state index is 12.8. The zero-order valence-electron chi connectivity index (χ0n) is 20.5. The van der Waals surface area contributed by atoms with Crippen LogP contribution in [-0.2, 0) is 14.4 Å². The first-order chi connectivity index (χ1) is 16.9. The summed E-state index contributed by atoms with van der Waals surface area (Å²) in [5.74, 6) is 0.229. The number of nitrogens with zero attached hydrogens (tertiary/aromatic N) is 2. The van der Waals surface area contributed by atoms with E-state index in [4.69, 9.17) is 28.5 Å². The Bertz CT molecular complexity index is 1030. The van der Waals surface area contributed by atoms with Crippen LogP contribution in [0, 0.1) is 0 Å². The molecule has 3 atom stereocenters. The molecule has 0 aliphatic heterocycles. The predicted octanol–water partition coefficient (Wildman–Crippen LogP) is 2.83. The standard InChI is InChI=1S/C24H31N3O8/c1-6-33-21-11-15(7-10-20(21)30-3)17-12-16(34-14(2)28)8-9-19(17)27-35-24(29)18-13-22(31-4)25-26-23(18)32-5/h7,10-11,13,16-17,19,27H,6,8-9,12H2,1-5H3/t16-,17-,19-/m1/s1. The van der Waals surface area contributed by atoms with Crippen LogP contribution in [0.5, 0.6) is 23.3 Å². The van der Waals surface area contributed by atoms with Crippen LogP contribution in [0.4, 0.5) is 0 Å². The van der Waals surface area contributed by atoms with Gasteiger partial charge >= 0.3 is 11.9 Å². The van der Waals surface area contributed by atoms with E-state index < -0.39 is 5.97 Å². The topological polar surface area (TPSA) is 127 Å². The molecule has 35 heavy (non-hydrogen) atoms. The summed E-state index contributed by atoms with van der Waals surface area (Å²) in [6.45, 7) is 3.77. The molecule has 0 bridgehead atoms. The van der Waals surface area contributed by atoms with E-state index in [1.807, 2.05) is 25.1 Å². The van der Waals surface area contributed by atoms with Crippen molar-refractivity contribution < 1.29 is 38.1 Å². The minimum absolute atomic E-state index is 0.0178. The lowest BCUT2D eigenvalue weighted by atomic mass is 9.79. The lowest BCUT2D eigenvalue weighted by Crippen LogP contribution is -2.42. The van der Waals surface area contributed by atoms with Gasteiger partial charge in [0.1, 0.15) is 11.7 Å². The molecule has 11 nitrogen and oxygen atoms in total. The largest absolute Gasteiger partial charge is 0.493 e.